The summed E-state index contributed by atoms with van der Waals surface area (Å²) in [5, 5.41) is 23.3. The van der Waals surface area contributed by atoms with E-state index in [1.165, 1.54) is 24.3 Å². The van der Waals surface area contributed by atoms with E-state index in [1.54, 1.807) is 6.92 Å². The molecule has 0 radical (unpaired) electrons. The zero-order chi connectivity index (χ0) is 14.0. The fraction of sp³-hybridized carbons (Fsp3) is 0.462. The molecule has 0 saturated heterocycles. The minimum absolute atomic E-state index is 0.124. The van der Waals surface area contributed by atoms with Gasteiger partial charge in [0.25, 0.3) is 11.6 Å². The van der Waals surface area contributed by atoms with Crippen LogP contribution >= 0.6 is 0 Å². The average Bonchev–Trinajstić information content (AvgIpc) is 3.20. The maximum Gasteiger partial charge on any atom is 0.270 e. The average molecular weight is 264 g/mol. The molecule has 2 rings (SSSR count). The number of hydrogen-bond acceptors (Lipinski definition) is 4. The highest BCUT2D eigenvalue weighted by molar-refractivity contribution is 5.94. The van der Waals surface area contributed by atoms with E-state index < -0.39 is 16.4 Å². The predicted octanol–water partition coefficient (Wildman–Crippen LogP) is 1.49. The van der Waals surface area contributed by atoms with Gasteiger partial charge in [-0.05, 0) is 31.7 Å². The lowest BCUT2D eigenvalue weighted by molar-refractivity contribution is -0.384. The largest absolute Gasteiger partial charge is 0.388 e. The summed E-state index contributed by atoms with van der Waals surface area (Å²) in [5.41, 5.74) is -0.807. The molecule has 19 heavy (non-hydrogen) atoms. The molecule has 1 aliphatic rings. The predicted molar refractivity (Wildman–Crippen MR) is 68.8 cm³/mol. The van der Waals surface area contributed by atoms with Gasteiger partial charge in [-0.2, -0.15) is 0 Å². The molecule has 1 unspecified atom stereocenters. The van der Waals surface area contributed by atoms with E-state index in [1.807, 2.05) is 0 Å². The van der Waals surface area contributed by atoms with E-state index in [-0.39, 0.29) is 23.7 Å². The summed E-state index contributed by atoms with van der Waals surface area (Å²) in [6.07, 6.45) is 1.94. The van der Waals surface area contributed by atoms with Crippen LogP contribution in [-0.2, 0) is 0 Å². The fourth-order valence-corrected chi connectivity index (χ4v) is 1.97. The van der Waals surface area contributed by atoms with E-state index >= 15 is 0 Å². The molecule has 1 aromatic carbocycles. The molecule has 1 aliphatic carbocycles. The third kappa shape index (κ3) is 3.29. The van der Waals surface area contributed by atoms with Crippen LogP contribution in [0.15, 0.2) is 24.3 Å². The van der Waals surface area contributed by atoms with E-state index in [0.717, 1.165) is 12.8 Å². The molecule has 1 atom stereocenters. The molecule has 1 amide bonds. The van der Waals surface area contributed by atoms with Gasteiger partial charge in [-0.3, -0.25) is 14.9 Å². The van der Waals surface area contributed by atoms with Crippen LogP contribution in [0, 0.1) is 16.0 Å². The summed E-state index contributed by atoms with van der Waals surface area (Å²) in [5.74, 6) is -0.178. The molecule has 1 saturated carbocycles. The Bertz CT molecular complexity index is 509. The van der Waals surface area contributed by atoms with Gasteiger partial charge in [0.2, 0.25) is 0 Å². The van der Waals surface area contributed by atoms with Crippen molar-refractivity contribution in [2.75, 3.05) is 6.54 Å². The maximum atomic E-state index is 11.9. The Balaban J connectivity index is 1.99. The minimum atomic E-state index is -0.906. The molecule has 0 aliphatic heterocycles. The fourth-order valence-electron chi connectivity index (χ4n) is 1.97. The summed E-state index contributed by atoms with van der Waals surface area (Å²) in [6, 6.07) is 5.53. The van der Waals surface area contributed by atoms with Crippen LogP contribution in [0.5, 0.6) is 0 Å². The van der Waals surface area contributed by atoms with Crippen LogP contribution < -0.4 is 5.32 Å². The number of aliphatic hydroxyl groups is 1. The number of hydrogen-bond donors (Lipinski definition) is 2. The quantitative estimate of drug-likeness (QED) is 0.622. The number of carbonyl (C=O) groups excluding carboxylic acids is 1. The molecule has 102 valence electrons. The van der Waals surface area contributed by atoms with Crippen molar-refractivity contribution in [1.29, 1.82) is 0 Å². The second-order valence-corrected chi connectivity index (χ2v) is 5.12. The molecule has 1 fully saturated rings. The summed E-state index contributed by atoms with van der Waals surface area (Å²) >= 11 is 0. The molecule has 2 N–H and O–H groups in total. The van der Waals surface area contributed by atoms with Crippen molar-refractivity contribution >= 4 is 11.6 Å². The van der Waals surface area contributed by atoms with E-state index in [9.17, 15) is 20.0 Å². The van der Waals surface area contributed by atoms with Crippen molar-refractivity contribution in [2.24, 2.45) is 5.92 Å². The number of amides is 1. The highest BCUT2D eigenvalue weighted by atomic mass is 16.6. The van der Waals surface area contributed by atoms with Gasteiger partial charge in [-0.1, -0.05) is 6.07 Å². The number of nitro groups is 1. The van der Waals surface area contributed by atoms with Gasteiger partial charge in [-0.25, -0.2) is 0 Å². The van der Waals surface area contributed by atoms with Crippen LogP contribution in [0.25, 0.3) is 0 Å². The van der Waals surface area contributed by atoms with Gasteiger partial charge in [-0.15, -0.1) is 0 Å². The molecule has 6 nitrogen and oxygen atoms in total. The molecule has 0 bridgehead atoms. The number of nitro benzene ring substituents is 1. The maximum absolute atomic E-state index is 11.9. The van der Waals surface area contributed by atoms with Crippen molar-refractivity contribution in [3.05, 3.63) is 39.9 Å². The highest BCUT2D eigenvalue weighted by Crippen LogP contribution is 2.39. The summed E-state index contributed by atoms with van der Waals surface area (Å²) < 4.78 is 0. The van der Waals surface area contributed by atoms with Crippen molar-refractivity contribution in [3.8, 4) is 0 Å². The van der Waals surface area contributed by atoms with Gasteiger partial charge in [0.05, 0.1) is 10.5 Å². The van der Waals surface area contributed by atoms with Crippen molar-refractivity contribution < 1.29 is 14.8 Å². The molecule has 0 heterocycles. The SMILES string of the molecule is CC(O)(CNC(=O)c1cccc([N+](=O)[O-])c1)C1CC1. The molecular weight excluding hydrogens is 248 g/mol. The third-order valence-electron chi connectivity index (χ3n) is 3.38. The monoisotopic (exact) mass is 264 g/mol. The van der Waals surface area contributed by atoms with Gasteiger partial charge in [0.15, 0.2) is 0 Å². The summed E-state index contributed by atoms with van der Waals surface area (Å²) in [7, 11) is 0. The van der Waals surface area contributed by atoms with Crippen LogP contribution in [0.1, 0.15) is 30.1 Å². The van der Waals surface area contributed by atoms with Crippen molar-refractivity contribution in [3.63, 3.8) is 0 Å². The zero-order valence-electron chi connectivity index (χ0n) is 10.6. The second-order valence-electron chi connectivity index (χ2n) is 5.12. The number of benzene rings is 1. The first-order chi connectivity index (χ1) is 8.90. The Hall–Kier alpha value is -1.95. The molecule has 1 aromatic rings. The van der Waals surface area contributed by atoms with E-state index in [2.05, 4.69) is 5.32 Å². The van der Waals surface area contributed by atoms with Crippen LogP contribution in [0.2, 0.25) is 0 Å². The molecule has 0 spiro atoms. The number of carbonyl (C=O) groups is 1. The molecule has 6 heteroatoms. The first-order valence-corrected chi connectivity index (χ1v) is 6.15. The zero-order valence-corrected chi connectivity index (χ0v) is 10.6. The van der Waals surface area contributed by atoms with Gasteiger partial charge < -0.3 is 10.4 Å². The Labute approximate surface area is 110 Å². The second kappa shape index (κ2) is 4.97. The summed E-state index contributed by atoms with van der Waals surface area (Å²) in [4.78, 5) is 21.9. The highest BCUT2D eigenvalue weighted by Gasteiger charge is 2.39. The lowest BCUT2D eigenvalue weighted by atomic mass is 10.0. The van der Waals surface area contributed by atoms with E-state index in [0.29, 0.717) is 0 Å². The summed E-state index contributed by atoms with van der Waals surface area (Å²) in [6.45, 7) is 1.84. The normalized spacial score (nSPS) is 17.6. The Morgan fingerprint density at radius 1 is 1.58 bits per heavy atom. The van der Waals surface area contributed by atoms with Gasteiger partial charge >= 0.3 is 0 Å². The van der Waals surface area contributed by atoms with Gasteiger partial charge in [0.1, 0.15) is 0 Å². The third-order valence-corrected chi connectivity index (χ3v) is 3.38. The minimum Gasteiger partial charge on any atom is -0.388 e. The first-order valence-electron chi connectivity index (χ1n) is 6.15. The lowest BCUT2D eigenvalue weighted by Crippen LogP contribution is -2.42. The first kappa shape index (κ1) is 13.5. The molecule has 0 aromatic heterocycles. The number of nitrogens with one attached hydrogen (secondary N) is 1. The number of nitrogens with zero attached hydrogens (tertiary/aromatic N) is 1. The van der Waals surface area contributed by atoms with E-state index in [4.69, 9.17) is 0 Å². The van der Waals surface area contributed by atoms with Crippen LogP contribution in [-0.4, -0.2) is 28.1 Å². The van der Waals surface area contributed by atoms with Crippen LogP contribution in [0.3, 0.4) is 0 Å². The standard InChI is InChI=1S/C13H16N2O4/c1-13(17,10-5-6-10)8-14-12(16)9-3-2-4-11(7-9)15(18)19/h2-4,7,10,17H,5-6,8H2,1H3,(H,14,16). The van der Waals surface area contributed by atoms with Crippen molar-refractivity contribution in [1.82, 2.24) is 5.32 Å². The molecular formula is C13H16N2O4. The Kier molecular flexibility index (Phi) is 3.53. The van der Waals surface area contributed by atoms with Gasteiger partial charge in [0, 0.05) is 24.2 Å². The Morgan fingerprint density at radius 3 is 2.84 bits per heavy atom. The Morgan fingerprint density at radius 2 is 2.26 bits per heavy atom. The van der Waals surface area contributed by atoms with Crippen LogP contribution in [0.4, 0.5) is 5.69 Å². The smallest absolute Gasteiger partial charge is 0.270 e. The lowest BCUT2D eigenvalue weighted by Gasteiger charge is -2.23. The number of non-ortho nitro benzene ring substituents is 1. The topological polar surface area (TPSA) is 92.5 Å². The number of rotatable bonds is 5. The van der Waals surface area contributed by atoms with Crippen molar-refractivity contribution in [2.45, 2.75) is 25.4 Å².